The largest absolute Gasteiger partial charge is 0.497 e. The number of hydrogen-bond donors (Lipinski definition) is 1. The highest BCUT2D eigenvalue weighted by molar-refractivity contribution is 7.89. The van der Waals surface area contributed by atoms with Gasteiger partial charge in [-0.2, -0.15) is 4.31 Å². The number of methoxy groups -OCH3 is 2. The summed E-state index contributed by atoms with van der Waals surface area (Å²) in [5.41, 5.74) is 1.04. The molecular weight excluding hydrogens is 446 g/mol. The molecule has 2 aliphatic rings. The van der Waals surface area contributed by atoms with Crippen LogP contribution in [0, 0.1) is 0 Å². The fourth-order valence-electron chi connectivity index (χ4n) is 4.35. The van der Waals surface area contributed by atoms with Gasteiger partial charge < -0.3 is 24.4 Å². The number of sulfonamides is 1. The maximum atomic E-state index is 13.3. The smallest absolute Gasteiger partial charge is 0.243 e. The SMILES string of the molecule is COc1ccc(N2CCN(C(=O)C3CC(O)CN3S(=O)(=O)c3ccc(OC)cc3)CC2)cc1. The Kier molecular flexibility index (Phi) is 6.78. The number of nitrogens with zero attached hydrogens (tertiary/aromatic N) is 3. The number of aliphatic hydroxyl groups excluding tert-OH is 1. The van der Waals surface area contributed by atoms with Crippen molar-refractivity contribution in [2.24, 2.45) is 0 Å². The summed E-state index contributed by atoms with van der Waals surface area (Å²) in [6.45, 7) is 2.13. The van der Waals surface area contributed by atoms with Gasteiger partial charge in [0.15, 0.2) is 0 Å². The van der Waals surface area contributed by atoms with Gasteiger partial charge in [0.1, 0.15) is 17.5 Å². The molecule has 1 amide bonds. The second-order valence-electron chi connectivity index (χ2n) is 8.17. The first-order chi connectivity index (χ1) is 15.8. The first-order valence-electron chi connectivity index (χ1n) is 10.8. The van der Waals surface area contributed by atoms with Crippen LogP contribution in [0.25, 0.3) is 0 Å². The van der Waals surface area contributed by atoms with Gasteiger partial charge in [-0.15, -0.1) is 0 Å². The summed E-state index contributed by atoms with van der Waals surface area (Å²) in [6, 6.07) is 12.9. The summed E-state index contributed by atoms with van der Waals surface area (Å²) < 4.78 is 37.9. The van der Waals surface area contributed by atoms with Crippen LogP contribution in [0.5, 0.6) is 11.5 Å². The van der Waals surface area contributed by atoms with E-state index in [0.717, 1.165) is 15.7 Å². The number of aliphatic hydroxyl groups is 1. The van der Waals surface area contributed by atoms with Crippen molar-refractivity contribution in [3.63, 3.8) is 0 Å². The number of rotatable bonds is 6. The Morgan fingerprint density at radius 2 is 1.45 bits per heavy atom. The number of anilines is 1. The van der Waals surface area contributed by atoms with Gasteiger partial charge in [0.25, 0.3) is 0 Å². The topological polar surface area (TPSA) is 99.6 Å². The maximum absolute atomic E-state index is 13.3. The molecule has 0 aliphatic carbocycles. The lowest BCUT2D eigenvalue weighted by atomic mass is 10.1. The molecule has 2 aromatic rings. The van der Waals surface area contributed by atoms with Crippen LogP contribution in [0.15, 0.2) is 53.4 Å². The van der Waals surface area contributed by atoms with Gasteiger partial charge in [0.2, 0.25) is 15.9 Å². The third kappa shape index (κ3) is 4.78. The molecule has 2 saturated heterocycles. The number of β-amino-alcohol motifs (C(OH)–C–C–N with tert-alkyl or cyclic N) is 1. The van der Waals surface area contributed by atoms with Crippen molar-refractivity contribution < 1.29 is 27.8 Å². The molecule has 0 radical (unpaired) electrons. The van der Waals surface area contributed by atoms with E-state index in [0.29, 0.717) is 31.9 Å². The minimum atomic E-state index is -3.94. The number of piperazine rings is 1. The monoisotopic (exact) mass is 475 g/mol. The molecule has 2 heterocycles. The first-order valence-corrected chi connectivity index (χ1v) is 12.3. The van der Waals surface area contributed by atoms with Gasteiger partial charge in [-0.3, -0.25) is 4.79 Å². The Bertz CT molecular complexity index is 1070. The molecule has 2 fully saturated rings. The van der Waals surface area contributed by atoms with E-state index in [1.54, 1.807) is 24.1 Å². The zero-order chi connectivity index (χ0) is 23.6. The lowest BCUT2D eigenvalue weighted by Crippen LogP contribution is -2.54. The average Bonchev–Trinajstić information content (AvgIpc) is 3.26. The average molecular weight is 476 g/mol. The lowest BCUT2D eigenvalue weighted by Gasteiger charge is -2.38. The standard InChI is InChI=1S/C23H29N3O6S/c1-31-19-5-3-17(4-6-19)24-11-13-25(14-12-24)23(28)22-15-18(27)16-26(22)33(29,30)21-9-7-20(32-2)8-10-21/h3-10,18,22,27H,11-16H2,1-2H3. The van der Waals surface area contributed by atoms with Crippen molar-refractivity contribution >= 4 is 21.6 Å². The summed E-state index contributed by atoms with van der Waals surface area (Å²) in [7, 11) is -0.816. The van der Waals surface area contributed by atoms with Gasteiger partial charge in [0, 0.05) is 44.8 Å². The highest BCUT2D eigenvalue weighted by Crippen LogP contribution is 2.29. The molecule has 1 N–H and O–H groups in total. The van der Waals surface area contributed by atoms with Crippen LogP contribution in [-0.2, 0) is 14.8 Å². The van der Waals surface area contributed by atoms with E-state index in [9.17, 15) is 18.3 Å². The summed E-state index contributed by atoms with van der Waals surface area (Å²) in [4.78, 5) is 17.3. The van der Waals surface area contributed by atoms with Gasteiger partial charge in [-0.25, -0.2) is 8.42 Å². The molecule has 0 spiro atoms. The molecule has 2 unspecified atom stereocenters. The van der Waals surface area contributed by atoms with Crippen LogP contribution in [0.1, 0.15) is 6.42 Å². The van der Waals surface area contributed by atoms with Crippen molar-refractivity contribution in [1.29, 1.82) is 0 Å². The molecule has 10 heteroatoms. The predicted molar refractivity (Wildman–Crippen MR) is 123 cm³/mol. The number of benzene rings is 2. The van der Waals surface area contributed by atoms with Crippen LogP contribution >= 0.6 is 0 Å². The first kappa shape index (κ1) is 23.3. The van der Waals surface area contributed by atoms with Crippen LogP contribution in [0.2, 0.25) is 0 Å². The normalized spacial score (nSPS) is 21.8. The molecule has 0 aromatic heterocycles. The third-order valence-corrected chi connectivity index (χ3v) is 8.10. The molecule has 0 saturated carbocycles. The zero-order valence-electron chi connectivity index (χ0n) is 18.8. The van der Waals surface area contributed by atoms with Crippen LogP contribution in [-0.4, -0.2) is 87.7 Å². The van der Waals surface area contributed by atoms with Crippen LogP contribution in [0.3, 0.4) is 0 Å². The molecular formula is C23H29N3O6S. The molecule has 2 aliphatic heterocycles. The summed E-state index contributed by atoms with van der Waals surface area (Å²) in [5.74, 6) is 1.06. The quantitative estimate of drug-likeness (QED) is 0.670. The Labute approximate surface area is 194 Å². The predicted octanol–water partition coefficient (Wildman–Crippen LogP) is 1.18. The summed E-state index contributed by atoms with van der Waals surface area (Å²) in [5, 5.41) is 10.2. The van der Waals surface area contributed by atoms with E-state index >= 15 is 0 Å². The van der Waals surface area contributed by atoms with Crippen molar-refractivity contribution in [3.05, 3.63) is 48.5 Å². The van der Waals surface area contributed by atoms with E-state index in [1.807, 2.05) is 24.3 Å². The van der Waals surface area contributed by atoms with E-state index in [2.05, 4.69) is 4.90 Å². The molecule has 4 rings (SSSR count). The minimum Gasteiger partial charge on any atom is -0.497 e. The van der Waals surface area contributed by atoms with E-state index < -0.39 is 22.2 Å². The van der Waals surface area contributed by atoms with E-state index in [-0.39, 0.29) is 23.8 Å². The summed E-state index contributed by atoms with van der Waals surface area (Å²) in [6.07, 6.45) is -0.792. The third-order valence-electron chi connectivity index (χ3n) is 6.21. The highest BCUT2D eigenvalue weighted by atomic mass is 32.2. The van der Waals surface area contributed by atoms with Crippen LogP contribution < -0.4 is 14.4 Å². The fourth-order valence-corrected chi connectivity index (χ4v) is 5.98. The Morgan fingerprint density at radius 1 is 0.909 bits per heavy atom. The number of carbonyl (C=O) groups excluding carboxylic acids is 1. The van der Waals surface area contributed by atoms with Crippen molar-refractivity contribution in [2.75, 3.05) is 51.8 Å². The number of carbonyl (C=O) groups is 1. The fraction of sp³-hybridized carbons (Fsp3) is 0.435. The Morgan fingerprint density at radius 3 is 2.00 bits per heavy atom. The molecule has 178 valence electrons. The molecule has 9 nitrogen and oxygen atoms in total. The van der Waals surface area contributed by atoms with Gasteiger partial charge >= 0.3 is 0 Å². The van der Waals surface area contributed by atoms with Crippen molar-refractivity contribution in [2.45, 2.75) is 23.5 Å². The Balaban J connectivity index is 1.45. The number of ether oxygens (including phenoxy) is 2. The molecule has 2 atom stereocenters. The minimum absolute atomic E-state index is 0.0690. The second-order valence-corrected chi connectivity index (χ2v) is 10.1. The maximum Gasteiger partial charge on any atom is 0.243 e. The number of hydrogen-bond acceptors (Lipinski definition) is 7. The van der Waals surface area contributed by atoms with Crippen molar-refractivity contribution in [3.8, 4) is 11.5 Å². The van der Waals surface area contributed by atoms with Gasteiger partial charge in [0.05, 0.1) is 25.2 Å². The number of amides is 1. The summed E-state index contributed by atoms with van der Waals surface area (Å²) >= 11 is 0. The highest BCUT2D eigenvalue weighted by Gasteiger charge is 2.45. The van der Waals surface area contributed by atoms with Crippen molar-refractivity contribution in [1.82, 2.24) is 9.21 Å². The van der Waals surface area contributed by atoms with E-state index in [1.165, 1.54) is 19.2 Å². The van der Waals surface area contributed by atoms with Crippen LogP contribution in [0.4, 0.5) is 5.69 Å². The molecule has 2 aromatic carbocycles. The van der Waals surface area contributed by atoms with Gasteiger partial charge in [-0.1, -0.05) is 0 Å². The lowest BCUT2D eigenvalue weighted by molar-refractivity contribution is -0.135. The van der Waals surface area contributed by atoms with Gasteiger partial charge in [-0.05, 0) is 48.5 Å². The molecule has 33 heavy (non-hydrogen) atoms. The zero-order valence-corrected chi connectivity index (χ0v) is 19.6. The second kappa shape index (κ2) is 9.58. The Hall–Kier alpha value is -2.82. The molecule has 0 bridgehead atoms. The van der Waals surface area contributed by atoms with E-state index in [4.69, 9.17) is 9.47 Å².